The van der Waals surface area contributed by atoms with Gasteiger partial charge in [-0.05, 0) is 37.1 Å². The lowest BCUT2D eigenvalue weighted by atomic mass is 9.76. The fourth-order valence-corrected chi connectivity index (χ4v) is 2.37. The maximum Gasteiger partial charge on any atom is 0.119 e. The number of rotatable bonds is 3. The van der Waals surface area contributed by atoms with Gasteiger partial charge in [-0.15, -0.1) is 0 Å². The first-order chi connectivity index (χ1) is 7.68. The average Bonchev–Trinajstić information content (AvgIpc) is 2.29. The van der Waals surface area contributed by atoms with E-state index in [9.17, 15) is 0 Å². The van der Waals surface area contributed by atoms with Crippen molar-refractivity contribution in [2.75, 3.05) is 12.3 Å². The minimum atomic E-state index is 0.375. The summed E-state index contributed by atoms with van der Waals surface area (Å²) in [5.74, 6) is 0.931. The lowest BCUT2D eigenvalue weighted by Crippen LogP contribution is -2.27. The normalized spacial score (nSPS) is 19.3. The van der Waals surface area contributed by atoms with Crippen LogP contribution in [0.3, 0.4) is 0 Å². The van der Waals surface area contributed by atoms with E-state index in [1.54, 1.807) is 0 Å². The van der Waals surface area contributed by atoms with E-state index >= 15 is 0 Å². The topological polar surface area (TPSA) is 35.2 Å². The van der Waals surface area contributed by atoms with Gasteiger partial charge in [0.05, 0.1) is 6.61 Å². The van der Waals surface area contributed by atoms with E-state index in [1.165, 1.54) is 32.1 Å². The lowest BCUT2D eigenvalue weighted by Gasteiger charge is -2.33. The molecule has 0 saturated heterocycles. The SMILES string of the molecule is CC1(COc2ccc(N)cc2)CCCCC1. The first-order valence-corrected chi connectivity index (χ1v) is 6.16. The molecule has 0 spiro atoms. The van der Waals surface area contributed by atoms with Crippen molar-refractivity contribution in [3.8, 4) is 5.75 Å². The van der Waals surface area contributed by atoms with Crippen LogP contribution in [0, 0.1) is 5.41 Å². The van der Waals surface area contributed by atoms with E-state index in [0.717, 1.165) is 18.0 Å². The van der Waals surface area contributed by atoms with Crippen LogP contribution in [-0.2, 0) is 0 Å². The molecule has 1 aliphatic carbocycles. The van der Waals surface area contributed by atoms with Crippen LogP contribution >= 0.6 is 0 Å². The second-order valence-electron chi connectivity index (χ2n) is 5.23. The van der Waals surface area contributed by atoms with Crippen molar-refractivity contribution in [2.45, 2.75) is 39.0 Å². The van der Waals surface area contributed by atoms with Crippen LogP contribution in [0.25, 0.3) is 0 Å². The molecule has 0 amide bonds. The summed E-state index contributed by atoms with van der Waals surface area (Å²) < 4.78 is 5.85. The summed E-state index contributed by atoms with van der Waals surface area (Å²) in [6.45, 7) is 3.17. The van der Waals surface area contributed by atoms with Gasteiger partial charge in [-0.25, -0.2) is 0 Å². The first kappa shape index (κ1) is 11.3. The number of nitrogens with two attached hydrogens (primary N) is 1. The van der Waals surface area contributed by atoms with Gasteiger partial charge in [0.15, 0.2) is 0 Å². The average molecular weight is 219 g/mol. The third kappa shape index (κ3) is 2.91. The summed E-state index contributed by atoms with van der Waals surface area (Å²) in [5, 5.41) is 0. The molecule has 1 aromatic rings. The highest BCUT2D eigenvalue weighted by Gasteiger charge is 2.27. The summed E-state index contributed by atoms with van der Waals surface area (Å²) >= 11 is 0. The van der Waals surface area contributed by atoms with Gasteiger partial charge in [0, 0.05) is 11.1 Å². The van der Waals surface area contributed by atoms with Crippen LogP contribution in [0.5, 0.6) is 5.75 Å². The maximum absolute atomic E-state index is 5.85. The van der Waals surface area contributed by atoms with Crippen molar-refractivity contribution in [1.82, 2.24) is 0 Å². The van der Waals surface area contributed by atoms with Gasteiger partial charge < -0.3 is 10.5 Å². The molecule has 0 atom stereocenters. The monoisotopic (exact) mass is 219 g/mol. The summed E-state index contributed by atoms with van der Waals surface area (Å²) in [7, 11) is 0. The quantitative estimate of drug-likeness (QED) is 0.788. The van der Waals surface area contributed by atoms with Crippen molar-refractivity contribution in [3.05, 3.63) is 24.3 Å². The molecule has 0 unspecified atom stereocenters. The minimum absolute atomic E-state index is 0.375. The molecular weight excluding hydrogens is 198 g/mol. The molecule has 16 heavy (non-hydrogen) atoms. The Kier molecular flexibility index (Phi) is 3.37. The van der Waals surface area contributed by atoms with Crippen LogP contribution in [0.15, 0.2) is 24.3 Å². The second-order valence-corrected chi connectivity index (χ2v) is 5.23. The van der Waals surface area contributed by atoms with Crippen molar-refractivity contribution >= 4 is 5.69 Å². The lowest BCUT2D eigenvalue weighted by molar-refractivity contribution is 0.116. The molecule has 1 saturated carbocycles. The standard InChI is InChI=1S/C14H21NO/c1-14(9-3-2-4-10-14)11-16-13-7-5-12(15)6-8-13/h5-8H,2-4,9-11,15H2,1H3. The highest BCUT2D eigenvalue weighted by atomic mass is 16.5. The number of ether oxygens (including phenoxy) is 1. The van der Waals surface area contributed by atoms with E-state index in [4.69, 9.17) is 10.5 Å². The van der Waals surface area contributed by atoms with Gasteiger partial charge in [-0.1, -0.05) is 26.2 Å². The van der Waals surface area contributed by atoms with E-state index in [0.29, 0.717) is 5.41 Å². The number of hydrogen-bond donors (Lipinski definition) is 1. The summed E-state index contributed by atoms with van der Waals surface area (Å²) in [6.07, 6.45) is 6.67. The van der Waals surface area contributed by atoms with Gasteiger partial charge in [-0.3, -0.25) is 0 Å². The molecule has 0 aliphatic heterocycles. The Morgan fingerprint density at radius 1 is 1.12 bits per heavy atom. The van der Waals surface area contributed by atoms with Crippen molar-refractivity contribution in [1.29, 1.82) is 0 Å². The van der Waals surface area contributed by atoms with E-state index in [2.05, 4.69) is 6.92 Å². The molecule has 0 heterocycles. The Hall–Kier alpha value is -1.18. The van der Waals surface area contributed by atoms with Crippen LogP contribution in [0.1, 0.15) is 39.0 Å². The molecule has 1 fully saturated rings. The van der Waals surface area contributed by atoms with E-state index < -0.39 is 0 Å². The second kappa shape index (κ2) is 4.77. The maximum atomic E-state index is 5.85. The Morgan fingerprint density at radius 3 is 2.38 bits per heavy atom. The Balaban J connectivity index is 1.88. The molecule has 2 heteroatoms. The highest BCUT2D eigenvalue weighted by Crippen LogP contribution is 2.36. The number of benzene rings is 1. The summed E-state index contributed by atoms with van der Waals surface area (Å²) in [6, 6.07) is 7.67. The third-order valence-electron chi connectivity index (χ3n) is 3.53. The number of nitrogen functional groups attached to an aromatic ring is 1. The smallest absolute Gasteiger partial charge is 0.119 e. The zero-order chi connectivity index (χ0) is 11.4. The van der Waals surface area contributed by atoms with E-state index in [-0.39, 0.29) is 0 Å². The highest BCUT2D eigenvalue weighted by molar-refractivity contribution is 5.41. The van der Waals surface area contributed by atoms with E-state index in [1.807, 2.05) is 24.3 Å². The van der Waals surface area contributed by atoms with Gasteiger partial charge in [0.1, 0.15) is 5.75 Å². The molecule has 0 bridgehead atoms. The van der Waals surface area contributed by atoms with Gasteiger partial charge >= 0.3 is 0 Å². The molecule has 1 aromatic carbocycles. The zero-order valence-electron chi connectivity index (χ0n) is 10.0. The Bertz CT molecular complexity index is 325. The number of anilines is 1. The van der Waals surface area contributed by atoms with Crippen LogP contribution in [0.2, 0.25) is 0 Å². The Morgan fingerprint density at radius 2 is 1.75 bits per heavy atom. The van der Waals surface area contributed by atoms with Crippen LogP contribution < -0.4 is 10.5 Å². The van der Waals surface area contributed by atoms with Gasteiger partial charge in [0.2, 0.25) is 0 Å². The van der Waals surface area contributed by atoms with Gasteiger partial charge in [0.25, 0.3) is 0 Å². The third-order valence-corrected chi connectivity index (χ3v) is 3.53. The number of hydrogen-bond acceptors (Lipinski definition) is 2. The first-order valence-electron chi connectivity index (χ1n) is 6.16. The molecule has 0 radical (unpaired) electrons. The van der Waals surface area contributed by atoms with Crippen molar-refractivity contribution in [2.24, 2.45) is 5.41 Å². The molecule has 0 aromatic heterocycles. The molecule has 88 valence electrons. The fourth-order valence-electron chi connectivity index (χ4n) is 2.37. The van der Waals surface area contributed by atoms with Crippen LogP contribution in [0.4, 0.5) is 5.69 Å². The molecular formula is C14H21NO. The van der Waals surface area contributed by atoms with Crippen molar-refractivity contribution < 1.29 is 4.74 Å². The van der Waals surface area contributed by atoms with Crippen molar-refractivity contribution in [3.63, 3.8) is 0 Å². The molecule has 2 N–H and O–H groups in total. The van der Waals surface area contributed by atoms with Gasteiger partial charge in [-0.2, -0.15) is 0 Å². The Labute approximate surface area is 97.8 Å². The predicted octanol–water partition coefficient (Wildman–Crippen LogP) is 3.62. The molecule has 1 aliphatic rings. The largest absolute Gasteiger partial charge is 0.493 e. The molecule has 2 rings (SSSR count). The predicted molar refractivity (Wildman–Crippen MR) is 67.5 cm³/mol. The van der Waals surface area contributed by atoms with Crippen LogP contribution in [-0.4, -0.2) is 6.61 Å². The summed E-state index contributed by atoms with van der Waals surface area (Å²) in [4.78, 5) is 0. The minimum Gasteiger partial charge on any atom is -0.493 e. The summed E-state index contributed by atoms with van der Waals surface area (Å²) in [5.41, 5.74) is 6.80. The fraction of sp³-hybridized carbons (Fsp3) is 0.571. The molecule has 2 nitrogen and oxygen atoms in total. The zero-order valence-corrected chi connectivity index (χ0v) is 10.0.